The predicted octanol–water partition coefficient (Wildman–Crippen LogP) is 3.38. The SMILES string of the molecule is CC(C)CCC1CCC2(C)OC2C1. The van der Waals surface area contributed by atoms with Crippen LogP contribution >= 0.6 is 0 Å². The van der Waals surface area contributed by atoms with E-state index in [0.717, 1.165) is 11.8 Å². The fraction of sp³-hybridized carbons (Fsp3) is 1.00. The van der Waals surface area contributed by atoms with E-state index in [1.807, 2.05) is 0 Å². The minimum absolute atomic E-state index is 0.314. The van der Waals surface area contributed by atoms with Crippen molar-refractivity contribution in [3.8, 4) is 0 Å². The number of hydrogen-bond acceptors (Lipinski definition) is 1. The van der Waals surface area contributed by atoms with Gasteiger partial charge in [-0.3, -0.25) is 0 Å². The molecule has 0 aromatic rings. The lowest BCUT2D eigenvalue weighted by Gasteiger charge is -2.22. The van der Waals surface area contributed by atoms with E-state index in [9.17, 15) is 0 Å². The second-order valence-corrected chi connectivity index (χ2v) is 5.53. The average molecular weight is 182 g/mol. The Bertz CT molecular complexity index is 188. The van der Waals surface area contributed by atoms with Gasteiger partial charge in [0.05, 0.1) is 11.7 Å². The van der Waals surface area contributed by atoms with Gasteiger partial charge in [0.1, 0.15) is 0 Å². The van der Waals surface area contributed by atoms with E-state index in [2.05, 4.69) is 20.8 Å². The van der Waals surface area contributed by atoms with Crippen molar-refractivity contribution in [2.45, 2.75) is 64.6 Å². The highest BCUT2D eigenvalue weighted by molar-refractivity contribution is 5.03. The lowest BCUT2D eigenvalue weighted by Crippen LogP contribution is -2.21. The Hall–Kier alpha value is -0.0400. The van der Waals surface area contributed by atoms with Gasteiger partial charge in [0.2, 0.25) is 0 Å². The van der Waals surface area contributed by atoms with Gasteiger partial charge in [0.25, 0.3) is 0 Å². The lowest BCUT2D eigenvalue weighted by atomic mass is 9.80. The van der Waals surface area contributed by atoms with Gasteiger partial charge in [0.15, 0.2) is 0 Å². The van der Waals surface area contributed by atoms with Gasteiger partial charge in [-0.1, -0.05) is 26.7 Å². The Kier molecular flexibility index (Phi) is 2.39. The van der Waals surface area contributed by atoms with Crippen molar-refractivity contribution >= 4 is 0 Å². The maximum Gasteiger partial charge on any atom is 0.0920 e. The molecule has 0 spiro atoms. The summed E-state index contributed by atoms with van der Waals surface area (Å²) in [6, 6.07) is 0. The smallest absolute Gasteiger partial charge is 0.0920 e. The molecule has 1 heterocycles. The molecule has 3 unspecified atom stereocenters. The monoisotopic (exact) mass is 182 g/mol. The highest BCUT2D eigenvalue weighted by Crippen LogP contribution is 2.50. The molecule has 1 heteroatoms. The summed E-state index contributed by atoms with van der Waals surface area (Å²) in [5.74, 6) is 1.83. The molecule has 3 atom stereocenters. The molecule has 1 aliphatic carbocycles. The lowest BCUT2D eigenvalue weighted by molar-refractivity contribution is 0.295. The van der Waals surface area contributed by atoms with Crippen LogP contribution in [-0.4, -0.2) is 11.7 Å². The third-order valence-corrected chi connectivity index (χ3v) is 3.78. The molecule has 13 heavy (non-hydrogen) atoms. The van der Waals surface area contributed by atoms with E-state index in [0.29, 0.717) is 11.7 Å². The zero-order valence-electron chi connectivity index (χ0n) is 9.18. The first-order valence-corrected chi connectivity index (χ1v) is 5.78. The van der Waals surface area contributed by atoms with Gasteiger partial charge in [-0.2, -0.15) is 0 Å². The van der Waals surface area contributed by atoms with Crippen molar-refractivity contribution in [3.05, 3.63) is 0 Å². The first kappa shape index (κ1) is 9.51. The second-order valence-electron chi connectivity index (χ2n) is 5.53. The van der Waals surface area contributed by atoms with Crippen molar-refractivity contribution < 1.29 is 4.74 Å². The van der Waals surface area contributed by atoms with Gasteiger partial charge in [-0.05, 0) is 38.0 Å². The van der Waals surface area contributed by atoms with Gasteiger partial charge in [0, 0.05) is 0 Å². The van der Waals surface area contributed by atoms with Crippen LogP contribution in [0.3, 0.4) is 0 Å². The zero-order valence-corrected chi connectivity index (χ0v) is 9.18. The standard InChI is InChI=1S/C12H22O/c1-9(2)4-5-10-6-7-12(3)11(8-10)13-12/h9-11H,4-8H2,1-3H3. The topological polar surface area (TPSA) is 12.5 Å². The van der Waals surface area contributed by atoms with E-state index < -0.39 is 0 Å². The summed E-state index contributed by atoms with van der Waals surface area (Å²) in [6.45, 7) is 6.91. The Morgan fingerprint density at radius 2 is 2.23 bits per heavy atom. The van der Waals surface area contributed by atoms with Gasteiger partial charge < -0.3 is 4.74 Å². The van der Waals surface area contributed by atoms with E-state index in [4.69, 9.17) is 4.74 Å². The first-order chi connectivity index (χ1) is 6.10. The van der Waals surface area contributed by atoms with Crippen LogP contribution in [0.5, 0.6) is 0 Å². The summed E-state index contributed by atoms with van der Waals surface area (Å²) in [4.78, 5) is 0. The fourth-order valence-corrected chi connectivity index (χ4v) is 2.55. The predicted molar refractivity (Wildman–Crippen MR) is 54.7 cm³/mol. The van der Waals surface area contributed by atoms with Crippen LogP contribution in [-0.2, 0) is 4.74 Å². The van der Waals surface area contributed by atoms with Crippen LogP contribution in [0.2, 0.25) is 0 Å². The molecule has 0 amide bonds. The normalized spacial score (nSPS) is 43.4. The van der Waals surface area contributed by atoms with Gasteiger partial charge in [-0.15, -0.1) is 0 Å². The van der Waals surface area contributed by atoms with Gasteiger partial charge >= 0.3 is 0 Å². The highest BCUT2D eigenvalue weighted by atomic mass is 16.6. The third kappa shape index (κ3) is 2.07. The van der Waals surface area contributed by atoms with Gasteiger partial charge in [-0.25, -0.2) is 0 Å². The number of hydrogen-bond donors (Lipinski definition) is 0. The maximum atomic E-state index is 5.70. The van der Waals surface area contributed by atoms with Crippen LogP contribution in [0.25, 0.3) is 0 Å². The van der Waals surface area contributed by atoms with Crippen molar-refractivity contribution in [1.29, 1.82) is 0 Å². The molecule has 2 aliphatic rings. The van der Waals surface area contributed by atoms with Crippen LogP contribution < -0.4 is 0 Å². The quantitative estimate of drug-likeness (QED) is 0.610. The summed E-state index contributed by atoms with van der Waals surface area (Å²) in [7, 11) is 0. The van der Waals surface area contributed by atoms with E-state index >= 15 is 0 Å². The minimum atomic E-state index is 0.314. The Balaban J connectivity index is 1.72. The number of epoxide rings is 1. The summed E-state index contributed by atoms with van der Waals surface area (Å²) >= 11 is 0. The third-order valence-electron chi connectivity index (χ3n) is 3.78. The minimum Gasteiger partial charge on any atom is -0.366 e. The molecule has 1 aliphatic heterocycles. The van der Waals surface area contributed by atoms with E-state index in [1.165, 1.54) is 32.1 Å². The van der Waals surface area contributed by atoms with Crippen molar-refractivity contribution in [1.82, 2.24) is 0 Å². The molecule has 0 aromatic heterocycles. The molecule has 0 bridgehead atoms. The molecule has 1 saturated heterocycles. The number of fused-ring (bicyclic) bond motifs is 1. The molecular formula is C12H22O. The van der Waals surface area contributed by atoms with E-state index in [1.54, 1.807) is 0 Å². The molecule has 2 fully saturated rings. The summed E-state index contributed by atoms with van der Waals surface area (Å²) in [5, 5.41) is 0. The number of rotatable bonds is 3. The molecule has 1 nitrogen and oxygen atoms in total. The van der Waals surface area contributed by atoms with Crippen LogP contribution in [0, 0.1) is 11.8 Å². The molecule has 1 saturated carbocycles. The van der Waals surface area contributed by atoms with Crippen molar-refractivity contribution in [2.24, 2.45) is 11.8 Å². The molecular weight excluding hydrogens is 160 g/mol. The zero-order chi connectivity index (χ0) is 9.47. The Labute approximate surface area is 81.9 Å². The second kappa shape index (κ2) is 3.27. The number of ether oxygens (including phenoxy) is 1. The Morgan fingerprint density at radius 3 is 2.85 bits per heavy atom. The van der Waals surface area contributed by atoms with E-state index in [-0.39, 0.29) is 0 Å². The molecule has 0 radical (unpaired) electrons. The molecule has 76 valence electrons. The molecule has 2 rings (SSSR count). The van der Waals surface area contributed by atoms with Crippen LogP contribution in [0.15, 0.2) is 0 Å². The van der Waals surface area contributed by atoms with Crippen LogP contribution in [0.1, 0.15) is 52.9 Å². The summed E-state index contributed by atoms with van der Waals surface area (Å²) in [5.41, 5.74) is 0.314. The summed E-state index contributed by atoms with van der Waals surface area (Å²) in [6.07, 6.45) is 7.49. The fourth-order valence-electron chi connectivity index (χ4n) is 2.55. The first-order valence-electron chi connectivity index (χ1n) is 5.78. The Morgan fingerprint density at radius 1 is 1.46 bits per heavy atom. The average Bonchev–Trinajstić information content (AvgIpc) is 2.72. The molecule has 0 aromatic carbocycles. The maximum absolute atomic E-state index is 5.70. The van der Waals surface area contributed by atoms with Crippen molar-refractivity contribution in [3.63, 3.8) is 0 Å². The summed E-state index contributed by atoms with van der Waals surface area (Å²) < 4.78 is 5.70. The highest BCUT2D eigenvalue weighted by Gasteiger charge is 2.54. The largest absolute Gasteiger partial charge is 0.366 e. The van der Waals surface area contributed by atoms with Crippen molar-refractivity contribution in [2.75, 3.05) is 0 Å². The van der Waals surface area contributed by atoms with Crippen LogP contribution in [0.4, 0.5) is 0 Å². The molecule has 0 N–H and O–H groups in total.